The van der Waals surface area contributed by atoms with E-state index in [1.54, 1.807) is 0 Å². The van der Waals surface area contributed by atoms with E-state index in [0.29, 0.717) is 12.0 Å². The van der Waals surface area contributed by atoms with Crippen LogP contribution in [-0.4, -0.2) is 24.1 Å². The number of nitrogens with one attached hydrogen (secondary N) is 1. The summed E-state index contributed by atoms with van der Waals surface area (Å²) in [5, 5.41) is 0. The van der Waals surface area contributed by atoms with Crippen molar-refractivity contribution in [3.05, 3.63) is 0 Å². The highest BCUT2D eigenvalue weighted by Crippen LogP contribution is 2.45. The van der Waals surface area contributed by atoms with Crippen LogP contribution >= 0.6 is 11.6 Å². The number of nitrogens with two attached hydrogens (primary N) is 1. The van der Waals surface area contributed by atoms with Gasteiger partial charge in [-0.1, -0.05) is 0 Å². The van der Waals surface area contributed by atoms with Crippen LogP contribution in [-0.2, 0) is 4.74 Å². The van der Waals surface area contributed by atoms with Crippen LogP contribution in [0.3, 0.4) is 0 Å². The smallest absolute Gasteiger partial charge is 0.0685 e. The molecule has 0 aromatic rings. The largest absolute Gasteiger partial charge is 0.375 e. The first-order chi connectivity index (χ1) is 7.79. The van der Waals surface area contributed by atoms with Crippen molar-refractivity contribution in [1.82, 2.24) is 5.43 Å². The first-order valence-electron chi connectivity index (χ1n) is 6.46. The van der Waals surface area contributed by atoms with Gasteiger partial charge in [-0.05, 0) is 50.9 Å². The number of hydrogen-bond donors (Lipinski definition) is 2. The SMILES string of the molecule is NNC(CCCCl)C1CCOC2(CCC2)C1. The van der Waals surface area contributed by atoms with Gasteiger partial charge in [-0.3, -0.25) is 11.3 Å². The average Bonchev–Trinajstić information content (AvgIpc) is 2.28. The van der Waals surface area contributed by atoms with Gasteiger partial charge < -0.3 is 4.74 Å². The zero-order valence-electron chi connectivity index (χ0n) is 9.88. The molecule has 1 aliphatic heterocycles. The third-order valence-electron chi connectivity index (χ3n) is 4.23. The summed E-state index contributed by atoms with van der Waals surface area (Å²) >= 11 is 5.74. The number of rotatable bonds is 5. The monoisotopic (exact) mass is 246 g/mol. The molecule has 0 bridgehead atoms. The Balaban J connectivity index is 1.86. The second kappa shape index (κ2) is 5.67. The highest BCUT2D eigenvalue weighted by molar-refractivity contribution is 6.17. The first-order valence-corrected chi connectivity index (χ1v) is 6.99. The third kappa shape index (κ3) is 2.70. The van der Waals surface area contributed by atoms with Crippen molar-refractivity contribution in [2.45, 2.75) is 56.6 Å². The summed E-state index contributed by atoms with van der Waals surface area (Å²) in [5.41, 5.74) is 3.20. The predicted molar refractivity (Wildman–Crippen MR) is 66.3 cm³/mol. The zero-order valence-corrected chi connectivity index (χ0v) is 10.6. The Labute approximate surface area is 103 Å². The molecule has 94 valence electrons. The fourth-order valence-electron chi connectivity index (χ4n) is 3.08. The minimum atomic E-state index is 0.221. The van der Waals surface area contributed by atoms with E-state index < -0.39 is 0 Å². The number of halogens is 1. The van der Waals surface area contributed by atoms with Gasteiger partial charge in [0, 0.05) is 18.5 Å². The highest BCUT2D eigenvalue weighted by atomic mass is 35.5. The number of hydrogen-bond acceptors (Lipinski definition) is 3. The van der Waals surface area contributed by atoms with Gasteiger partial charge in [0.15, 0.2) is 0 Å². The molecule has 2 fully saturated rings. The fraction of sp³-hybridized carbons (Fsp3) is 1.00. The quantitative estimate of drug-likeness (QED) is 0.444. The Bertz CT molecular complexity index is 221. The molecule has 4 heteroatoms. The van der Waals surface area contributed by atoms with Crippen LogP contribution < -0.4 is 11.3 Å². The summed E-state index contributed by atoms with van der Waals surface area (Å²) in [6, 6.07) is 0.417. The Morgan fingerprint density at radius 2 is 2.31 bits per heavy atom. The van der Waals surface area contributed by atoms with Crippen molar-refractivity contribution in [3.63, 3.8) is 0 Å². The number of hydrazine groups is 1. The molecule has 0 aromatic carbocycles. The summed E-state index contributed by atoms with van der Waals surface area (Å²) in [6.45, 7) is 0.906. The molecule has 1 saturated carbocycles. The maximum Gasteiger partial charge on any atom is 0.0685 e. The lowest BCUT2D eigenvalue weighted by Crippen LogP contribution is -2.51. The van der Waals surface area contributed by atoms with E-state index >= 15 is 0 Å². The maximum atomic E-state index is 5.94. The summed E-state index contributed by atoms with van der Waals surface area (Å²) in [5.74, 6) is 7.06. The average molecular weight is 247 g/mol. The van der Waals surface area contributed by atoms with Gasteiger partial charge in [0.1, 0.15) is 0 Å². The van der Waals surface area contributed by atoms with Crippen LogP contribution in [0.2, 0.25) is 0 Å². The molecule has 1 spiro atoms. The number of alkyl halides is 1. The van der Waals surface area contributed by atoms with Crippen LogP contribution in [0.1, 0.15) is 44.9 Å². The lowest BCUT2D eigenvalue weighted by molar-refractivity contribution is -0.147. The van der Waals surface area contributed by atoms with E-state index in [2.05, 4.69) is 5.43 Å². The van der Waals surface area contributed by atoms with Gasteiger partial charge in [-0.2, -0.15) is 0 Å². The van der Waals surface area contributed by atoms with Gasteiger partial charge in [0.2, 0.25) is 0 Å². The number of ether oxygens (including phenoxy) is 1. The molecule has 1 saturated heterocycles. The second-order valence-electron chi connectivity index (χ2n) is 5.24. The van der Waals surface area contributed by atoms with Crippen molar-refractivity contribution in [2.24, 2.45) is 11.8 Å². The van der Waals surface area contributed by atoms with E-state index in [-0.39, 0.29) is 5.60 Å². The van der Waals surface area contributed by atoms with Gasteiger partial charge in [-0.15, -0.1) is 11.6 Å². The van der Waals surface area contributed by atoms with Crippen LogP contribution in [0.25, 0.3) is 0 Å². The van der Waals surface area contributed by atoms with Gasteiger partial charge in [0.05, 0.1) is 5.60 Å². The molecular weight excluding hydrogens is 224 g/mol. The Morgan fingerprint density at radius 3 is 2.88 bits per heavy atom. The second-order valence-corrected chi connectivity index (χ2v) is 5.62. The standard InChI is InChI=1S/C12H23ClN2O/c13-7-1-3-11(15-14)10-4-8-16-12(9-10)5-2-6-12/h10-11,15H,1-9,14H2. The molecule has 16 heavy (non-hydrogen) atoms. The van der Waals surface area contributed by atoms with Crippen LogP contribution in [0, 0.1) is 5.92 Å². The van der Waals surface area contributed by atoms with Gasteiger partial charge in [-0.25, -0.2) is 0 Å². The zero-order chi connectivity index (χ0) is 11.4. The van der Waals surface area contributed by atoms with Crippen LogP contribution in [0.5, 0.6) is 0 Å². The van der Waals surface area contributed by atoms with Crippen LogP contribution in [0.15, 0.2) is 0 Å². The van der Waals surface area contributed by atoms with Gasteiger partial charge >= 0.3 is 0 Å². The minimum absolute atomic E-state index is 0.221. The van der Waals surface area contributed by atoms with E-state index in [1.165, 1.54) is 25.7 Å². The summed E-state index contributed by atoms with van der Waals surface area (Å²) < 4.78 is 5.94. The molecule has 2 unspecified atom stereocenters. The van der Waals surface area contributed by atoms with Crippen molar-refractivity contribution in [3.8, 4) is 0 Å². The summed E-state index contributed by atoms with van der Waals surface area (Å²) in [7, 11) is 0. The molecule has 0 aromatic heterocycles. The minimum Gasteiger partial charge on any atom is -0.375 e. The van der Waals surface area contributed by atoms with E-state index in [1.807, 2.05) is 0 Å². The Hall–Kier alpha value is 0.170. The normalized spacial score (nSPS) is 30.0. The van der Waals surface area contributed by atoms with E-state index in [0.717, 1.165) is 31.7 Å². The maximum absolute atomic E-state index is 5.94. The first kappa shape index (κ1) is 12.6. The molecular formula is C12H23ClN2O. The third-order valence-corrected chi connectivity index (χ3v) is 4.50. The van der Waals surface area contributed by atoms with Crippen molar-refractivity contribution >= 4 is 11.6 Å². The molecule has 0 radical (unpaired) electrons. The molecule has 3 nitrogen and oxygen atoms in total. The van der Waals surface area contributed by atoms with E-state index in [4.69, 9.17) is 22.2 Å². The fourth-order valence-corrected chi connectivity index (χ4v) is 3.24. The molecule has 1 heterocycles. The molecule has 1 aliphatic carbocycles. The molecule has 2 atom stereocenters. The molecule has 3 N–H and O–H groups in total. The van der Waals surface area contributed by atoms with Crippen LogP contribution in [0.4, 0.5) is 0 Å². The van der Waals surface area contributed by atoms with Crippen molar-refractivity contribution < 1.29 is 4.74 Å². The van der Waals surface area contributed by atoms with Crippen molar-refractivity contribution in [1.29, 1.82) is 0 Å². The Morgan fingerprint density at radius 1 is 1.50 bits per heavy atom. The lowest BCUT2D eigenvalue weighted by atomic mass is 9.70. The summed E-state index contributed by atoms with van der Waals surface area (Å²) in [4.78, 5) is 0. The van der Waals surface area contributed by atoms with Gasteiger partial charge in [0.25, 0.3) is 0 Å². The lowest BCUT2D eigenvalue weighted by Gasteiger charge is -2.48. The van der Waals surface area contributed by atoms with Crippen molar-refractivity contribution in [2.75, 3.05) is 12.5 Å². The molecule has 2 aliphatic rings. The van der Waals surface area contributed by atoms with E-state index in [9.17, 15) is 0 Å². The molecule has 0 amide bonds. The predicted octanol–water partition coefficient (Wildman–Crippen LogP) is 2.19. The Kier molecular flexibility index (Phi) is 4.48. The summed E-state index contributed by atoms with van der Waals surface area (Å²) in [6.07, 6.45) is 8.27. The highest BCUT2D eigenvalue weighted by Gasteiger charge is 2.43. The molecule has 2 rings (SSSR count). The topological polar surface area (TPSA) is 47.3 Å².